The summed E-state index contributed by atoms with van der Waals surface area (Å²) in [5, 5.41) is 26.7. The molecule has 0 heterocycles. The normalized spacial score (nSPS) is 11.0. The van der Waals surface area contributed by atoms with Crippen molar-refractivity contribution in [3.05, 3.63) is 388 Å². The van der Waals surface area contributed by atoms with Crippen molar-refractivity contribution in [2.45, 2.75) is 0 Å². The molecule has 0 radical (unpaired) electrons. The largest absolute Gasteiger partial charge is 2.00 e. The van der Waals surface area contributed by atoms with E-state index in [0.29, 0.717) is 0 Å². The molecule has 0 saturated heterocycles. The van der Waals surface area contributed by atoms with Gasteiger partial charge in [-0.1, -0.05) is 388 Å². The van der Waals surface area contributed by atoms with E-state index in [1.807, 2.05) is 0 Å². The predicted octanol–water partition coefficient (Wildman–Crippen LogP) is 12.4. The van der Waals surface area contributed by atoms with Gasteiger partial charge in [0.2, 0.25) is 0 Å². The Morgan fingerprint density at radius 2 is 0.271 bits per heavy atom. The monoisotopic (exact) mass is 1610 g/mol. The van der Waals surface area contributed by atoms with E-state index in [4.69, 9.17) is 0 Å². The van der Waals surface area contributed by atoms with Crippen LogP contribution in [0.5, 0.6) is 0 Å². The maximum Gasteiger partial charge on any atom is 2.00 e. The van der Waals surface area contributed by atoms with Crippen LogP contribution >= 0.6 is 31.7 Å². The Labute approximate surface area is 616 Å². The Morgan fingerprint density at radius 1 is 0.135 bits per heavy atom. The first-order valence-corrected chi connectivity index (χ1v) is 36.8. The molecule has 8 heteroatoms. The third kappa shape index (κ3) is 14.5. The standard InChI is InChI=1S/2C44H32P2.2BrH.2Ru/c2*1-5-19-35(20-6-1)45(36-21-7-2-8-22-36)41-31-29-33-17-13-15-27-39(33)43(41)44-40-28-16-14-18-34(40)30-32-42(44)46(37-23-9-3-10-24-37)38-25-11-4-12-26-38;;;;/h2*1-32H;2*1H;;/q;;;;2*+2/p-2. The molecule has 0 atom stereocenters. The van der Waals surface area contributed by atoms with Crippen LogP contribution in [0.3, 0.4) is 0 Å². The van der Waals surface area contributed by atoms with Crippen LogP contribution in [-0.4, -0.2) is 0 Å². The molecule has 0 N–H and O–H groups in total. The Hall–Kier alpha value is -7.51. The number of hydrogen-bond acceptors (Lipinski definition) is 0. The van der Waals surface area contributed by atoms with Gasteiger partial charge in [0, 0.05) is 0 Å². The second-order valence-corrected chi connectivity index (χ2v) is 31.5. The molecule has 0 bridgehead atoms. The van der Waals surface area contributed by atoms with Crippen LogP contribution in [0.4, 0.5) is 0 Å². The van der Waals surface area contributed by atoms with Gasteiger partial charge in [0.25, 0.3) is 0 Å². The van der Waals surface area contributed by atoms with E-state index in [1.165, 1.54) is 129 Å². The molecule has 0 nitrogen and oxygen atoms in total. The van der Waals surface area contributed by atoms with E-state index in [9.17, 15) is 0 Å². The molecule has 0 aromatic heterocycles. The van der Waals surface area contributed by atoms with Crippen LogP contribution in [-0.2, 0) is 39.0 Å². The van der Waals surface area contributed by atoms with Crippen molar-refractivity contribution in [2.75, 3.05) is 0 Å². The Morgan fingerprint density at radius 3 is 0.427 bits per heavy atom. The average Bonchev–Trinajstić information content (AvgIpc) is 0.740. The summed E-state index contributed by atoms with van der Waals surface area (Å²) in [7, 11) is -3.41. The number of hydrogen-bond donors (Lipinski definition) is 0. The third-order valence-corrected chi connectivity index (χ3v) is 27.1. The second-order valence-electron chi connectivity index (χ2n) is 22.7. The summed E-state index contributed by atoms with van der Waals surface area (Å²) in [6, 6.07) is 144. The van der Waals surface area contributed by atoms with E-state index in [1.54, 1.807) is 0 Å². The molecule has 96 heavy (non-hydrogen) atoms. The van der Waals surface area contributed by atoms with Gasteiger partial charge in [0.15, 0.2) is 0 Å². The van der Waals surface area contributed by atoms with Crippen molar-refractivity contribution in [1.82, 2.24) is 0 Å². The molecular formula is C88H64Br2P4Ru2+2. The molecule has 0 aliphatic heterocycles. The molecule has 0 unspecified atom stereocenters. The maximum atomic E-state index is 2.42. The van der Waals surface area contributed by atoms with Gasteiger partial charge in [-0.15, -0.1) is 0 Å². The van der Waals surface area contributed by atoms with E-state index >= 15 is 0 Å². The summed E-state index contributed by atoms with van der Waals surface area (Å²) in [6.07, 6.45) is 0. The van der Waals surface area contributed by atoms with Gasteiger partial charge in [0.05, 0.1) is 0 Å². The zero-order valence-corrected chi connectivity index (χ0v) is 62.4. The van der Waals surface area contributed by atoms with Crippen LogP contribution in [0, 0.1) is 0 Å². The first-order valence-electron chi connectivity index (χ1n) is 31.4. The summed E-state index contributed by atoms with van der Waals surface area (Å²) < 4.78 is 0. The molecule has 0 aliphatic carbocycles. The molecule has 16 aromatic rings. The van der Waals surface area contributed by atoms with E-state index in [0.717, 1.165) is 0 Å². The zero-order chi connectivity index (χ0) is 61.4. The fourth-order valence-electron chi connectivity index (χ4n) is 13.2. The molecule has 16 rings (SSSR count). The van der Waals surface area contributed by atoms with Crippen molar-refractivity contribution < 1.29 is 72.9 Å². The Bertz CT molecular complexity index is 4360. The van der Waals surface area contributed by atoms with Crippen LogP contribution in [0.2, 0.25) is 0 Å². The van der Waals surface area contributed by atoms with Crippen molar-refractivity contribution in [2.24, 2.45) is 0 Å². The molecular weight excluding hydrogens is 1540 g/mol. The van der Waals surface area contributed by atoms with E-state index in [2.05, 4.69) is 388 Å². The molecule has 0 amide bonds. The molecule has 0 aliphatic rings. The summed E-state index contributed by atoms with van der Waals surface area (Å²) in [5.41, 5.74) is 5.40. The first kappa shape index (κ1) is 69.8. The fraction of sp³-hybridized carbons (Fsp3) is 0. The fourth-order valence-corrected chi connectivity index (χ4v) is 23.1. The van der Waals surface area contributed by atoms with E-state index in [-0.39, 0.29) is 72.9 Å². The minimum absolute atomic E-state index is 0. The summed E-state index contributed by atoms with van der Waals surface area (Å²) in [6.45, 7) is 0. The molecule has 0 spiro atoms. The van der Waals surface area contributed by atoms with Crippen molar-refractivity contribution in [3.8, 4) is 22.3 Å². The first-order chi connectivity index (χ1) is 45.7. The third-order valence-electron chi connectivity index (χ3n) is 17.2. The van der Waals surface area contributed by atoms with Gasteiger partial charge in [-0.05, 0) is 161 Å². The number of halogens is 2. The molecule has 464 valence electrons. The second kappa shape index (κ2) is 33.2. The van der Waals surface area contributed by atoms with Crippen molar-refractivity contribution >= 4 is 138 Å². The average molecular weight is 1610 g/mol. The summed E-state index contributed by atoms with van der Waals surface area (Å²) >= 11 is 0. The number of rotatable bonds is 14. The van der Waals surface area contributed by atoms with Crippen LogP contribution < -0.4 is 97.6 Å². The minimum atomic E-state index is -0.852. The van der Waals surface area contributed by atoms with Gasteiger partial charge < -0.3 is 34.0 Å². The summed E-state index contributed by atoms with van der Waals surface area (Å²) in [4.78, 5) is 0. The SMILES string of the molecule is [Br-].[Br-].[Ru+2].[Ru+2].c1ccc(P(c2ccccc2)c2ccc3ccccc3c2-c2c(P(c3ccccc3)c3ccccc3)ccc3ccccc23)cc1.c1ccc(P(c2ccccc2)c2ccc3ccccc3c2-c2c(P(c3ccccc3)c3ccccc3)ccc3ccccc23)cc1. The topological polar surface area (TPSA) is 0 Å². The van der Waals surface area contributed by atoms with Crippen LogP contribution in [0.25, 0.3) is 65.3 Å². The van der Waals surface area contributed by atoms with Crippen LogP contribution in [0.1, 0.15) is 0 Å². The Kier molecular flexibility index (Phi) is 24.1. The van der Waals surface area contributed by atoms with Gasteiger partial charge in [0.1, 0.15) is 0 Å². The molecule has 0 saturated carbocycles. The predicted molar refractivity (Wildman–Crippen MR) is 409 cm³/mol. The van der Waals surface area contributed by atoms with Gasteiger partial charge in [-0.2, -0.15) is 0 Å². The minimum Gasteiger partial charge on any atom is -1.00 e. The van der Waals surface area contributed by atoms with E-state index < -0.39 is 31.7 Å². The summed E-state index contributed by atoms with van der Waals surface area (Å²) in [5.74, 6) is 0. The van der Waals surface area contributed by atoms with Crippen molar-refractivity contribution in [1.29, 1.82) is 0 Å². The van der Waals surface area contributed by atoms with Crippen LogP contribution in [0.15, 0.2) is 388 Å². The number of benzene rings is 16. The smallest absolute Gasteiger partial charge is 1.00 e. The Balaban J connectivity index is 0.000000187. The maximum absolute atomic E-state index is 2.42. The quantitative estimate of drug-likeness (QED) is 0.0752. The number of fused-ring (bicyclic) bond motifs is 4. The van der Waals surface area contributed by atoms with Gasteiger partial charge in [-0.25, -0.2) is 0 Å². The van der Waals surface area contributed by atoms with Gasteiger partial charge >= 0.3 is 39.0 Å². The van der Waals surface area contributed by atoms with Crippen molar-refractivity contribution in [3.63, 3.8) is 0 Å². The van der Waals surface area contributed by atoms with Gasteiger partial charge in [-0.3, -0.25) is 0 Å². The molecule has 0 fully saturated rings. The zero-order valence-electron chi connectivity index (χ0n) is 52.2. The molecule has 16 aromatic carbocycles.